The van der Waals surface area contributed by atoms with E-state index in [2.05, 4.69) is 10.7 Å². The zero-order valence-electron chi connectivity index (χ0n) is 17.3. The molecule has 0 saturated carbocycles. The van der Waals surface area contributed by atoms with E-state index in [9.17, 15) is 18.0 Å². The molecule has 1 aliphatic heterocycles. The fraction of sp³-hybridized carbons (Fsp3) is 0.364. The lowest BCUT2D eigenvalue weighted by molar-refractivity contribution is -0.121. The number of nitrogens with one attached hydrogen (secondary N) is 3. The number of hydrazine groups is 1. The first kappa shape index (κ1) is 22.8. The maximum absolute atomic E-state index is 12.4. The van der Waals surface area contributed by atoms with Gasteiger partial charge in [-0.2, -0.15) is 0 Å². The van der Waals surface area contributed by atoms with Crippen LogP contribution in [-0.2, 0) is 27.7 Å². The maximum atomic E-state index is 12.4. The van der Waals surface area contributed by atoms with Crippen LogP contribution >= 0.6 is 0 Å². The number of carbonyl (C=O) groups excluding carboxylic acids is 2. The van der Waals surface area contributed by atoms with Crippen LogP contribution in [0.3, 0.4) is 0 Å². The largest absolute Gasteiger partial charge is 0.356 e. The van der Waals surface area contributed by atoms with Crippen LogP contribution in [0.25, 0.3) is 0 Å². The number of aryl methyl sites for hydroxylation is 1. The number of amides is 3. The van der Waals surface area contributed by atoms with E-state index in [0.717, 1.165) is 24.0 Å². The molecule has 3 amide bonds. The number of urea groups is 1. The highest BCUT2D eigenvalue weighted by molar-refractivity contribution is 7.90. The van der Waals surface area contributed by atoms with Gasteiger partial charge >= 0.3 is 6.03 Å². The zero-order valence-corrected chi connectivity index (χ0v) is 18.2. The van der Waals surface area contributed by atoms with Gasteiger partial charge in [0.15, 0.2) is 0 Å². The molecule has 1 fully saturated rings. The van der Waals surface area contributed by atoms with Gasteiger partial charge in [-0.3, -0.25) is 10.2 Å². The summed E-state index contributed by atoms with van der Waals surface area (Å²) in [6.07, 6.45) is 3.65. The molecule has 8 nitrogen and oxygen atoms in total. The van der Waals surface area contributed by atoms with Gasteiger partial charge in [-0.15, -0.1) is 0 Å². The van der Waals surface area contributed by atoms with Crippen LogP contribution < -0.4 is 15.5 Å². The van der Waals surface area contributed by atoms with Gasteiger partial charge in [0.2, 0.25) is 5.91 Å². The molecule has 0 aliphatic carbocycles. The second kappa shape index (κ2) is 10.9. The minimum absolute atomic E-state index is 0.0136. The lowest BCUT2D eigenvalue weighted by Crippen LogP contribution is -2.47. The SMILES string of the molecule is O=C(CCc1ccccc1)NCCc1ccc(S(=O)(=O)NC(=O)NN2CCCC2)cc1. The molecule has 31 heavy (non-hydrogen) atoms. The number of hydrogen-bond acceptors (Lipinski definition) is 5. The van der Waals surface area contributed by atoms with Crippen molar-refractivity contribution in [1.29, 1.82) is 0 Å². The number of nitrogens with zero attached hydrogens (tertiary/aromatic N) is 1. The molecular weight excluding hydrogens is 416 g/mol. The molecule has 2 aromatic rings. The van der Waals surface area contributed by atoms with Gasteiger partial charge in [-0.25, -0.2) is 22.9 Å². The average Bonchev–Trinajstić information content (AvgIpc) is 3.26. The Morgan fingerprint density at radius 2 is 1.52 bits per heavy atom. The molecule has 0 aromatic heterocycles. The number of hydrogen-bond donors (Lipinski definition) is 3. The smallest absolute Gasteiger partial charge is 0.343 e. The highest BCUT2D eigenvalue weighted by atomic mass is 32.2. The molecule has 3 rings (SSSR count). The van der Waals surface area contributed by atoms with Crippen LogP contribution in [0.4, 0.5) is 4.79 Å². The van der Waals surface area contributed by atoms with Crippen molar-refractivity contribution in [2.45, 2.75) is 37.0 Å². The Balaban J connectivity index is 1.41. The highest BCUT2D eigenvalue weighted by Gasteiger charge is 2.20. The molecule has 1 heterocycles. The highest BCUT2D eigenvalue weighted by Crippen LogP contribution is 2.11. The van der Waals surface area contributed by atoms with Gasteiger partial charge in [0, 0.05) is 26.1 Å². The quantitative estimate of drug-likeness (QED) is 0.548. The Labute approximate surface area is 183 Å². The summed E-state index contributed by atoms with van der Waals surface area (Å²) in [6.45, 7) is 1.89. The van der Waals surface area contributed by atoms with Crippen molar-refractivity contribution >= 4 is 22.0 Å². The number of benzene rings is 2. The normalized spacial score (nSPS) is 14.2. The van der Waals surface area contributed by atoms with Crippen LogP contribution in [0, 0.1) is 0 Å². The minimum atomic E-state index is -3.94. The maximum Gasteiger partial charge on any atom is 0.343 e. The van der Waals surface area contributed by atoms with Gasteiger partial charge in [0.1, 0.15) is 0 Å². The lowest BCUT2D eigenvalue weighted by atomic mass is 10.1. The van der Waals surface area contributed by atoms with Crippen LogP contribution in [0.5, 0.6) is 0 Å². The van der Waals surface area contributed by atoms with Crippen molar-refractivity contribution in [3.63, 3.8) is 0 Å². The van der Waals surface area contributed by atoms with E-state index in [0.29, 0.717) is 38.9 Å². The summed E-state index contributed by atoms with van der Waals surface area (Å²) in [5, 5.41) is 4.58. The zero-order chi connectivity index (χ0) is 22.1. The van der Waals surface area contributed by atoms with Crippen molar-refractivity contribution < 1.29 is 18.0 Å². The van der Waals surface area contributed by atoms with E-state index in [1.807, 2.05) is 35.1 Å². The number of carbonyl (C=O) groups is 2. The van der Waals surface area contributed by atoms with Crippen molar-refractivity contribution in [2.24, 2.45) is 0 Å². The molecule has 3 N–H and O–H groups in total. The minimum Gasteiger partial charge on any atom is -0.356 e. The summed E-state index contributed by atoms with van der Waals surface area (Å²) in [5.74, 6) is -0.0173. The summed E-state index contributed by atoms with van der Waals surface area (Å²) < 4.78 is 26.8. The van der Waals surface area contributed by atoms with Crippen LogP contribution in [0.15, 0.2) is 59.5 Å². The Bertz CT molecular complexity index is 972. The Hall–Kier alpha value is -2.91. The van der Waals surface area contributed by atoms with Crippen LogP contribution in [-0.4, -0.2) is 45.0 Å². The molecule has 0 radical (unpaired) electrons. The monoisotopic (exact) mass is 444 g/mol. The first-order valence-corrected chi connectivity index (χ1v) is 11.9. The van der Waals surface area contributed by atoms with Crippen molar-refractivity contribution in [2.75, 3.05) is 19.6 Å². The molecule has 1 saturated heterocycles. The summed E-state index contributed by atoms with van der Waals surface area (Å²) in [4.78, 5) is 23.9. The summed E-state index contributed by atoms with van der Waals surface area (Å²) >= 11 is 0. The van der Waals surface area contributed by atoms with Gasteiger partial charge in [-0.1, -0.05) is 42.5 Å². The summed E-state index contributed by atoms with van der Waals surface area (Å²) in [5.41, 5.74) is 4.55. The Morgan fingerprint density at radius 1 is 0.871 bits per heavy atom. The average molecular weight is 445 g/mol. The fourth-order valence-corrected chi connectivity index (χ4v) is 4.25. The predicted molar refractivity (Wildman–Crippen MR) is 118 cm³/mol. The van der Waals surface area contributed by atoms with E-state index in [4.69, 9.17) is 0 Å². The first-order valence-electron chi connectivity index (χ1n) is 10.4. The van der Waals surface area contributed by atoms with Crippen molar-refractivity contribution in [1.82, 2.24) is 20.5 Å². The van der Waals surface area contributed by atoms with Crippen molar-refractivity contribution in [3.8, 4) is 0 Å². The van der Waals surface area contributed by atoms with E-state index >= 15 is 0 Å². The van der Waals surface area contributed by atoms with E-state index < -0.39 is 16.1 Å². The molecule has 0 unspecified atom stereocenters. The van der Waals surface area contributed by atoms with Gasteiger partial charge < -0.3 is 5.32 Å². The third-order valence-electron chi connectivity index (χ3n) is 5.05. The molecule has 0 bridgehead atoms. The summed E-state index contributed by atoms with van der Waals surface area (Å²) in [7, 11) is -3.94. The molecule has 0 atom stereocenters. The predicted octanol–water partition coefficient (Wildman–Crippen LogP) is 1.98. The number of sulfonamides is 1. The molecule has 1 aliphatic rings. The lowest BCUT2D eigenvalue weighted by Gasteiger charge is -2.16. The van der Waals surface area contributed by atoms with Gasteiger partial charge in [0.05, 0.1) is 4.90 Å². The van der Waals surface area contributed by atoms with Crippen molar-refractivity contribution in [3.05, 3.63) is 65.7 Å². The van der Waals surface area contributed by atoms with E-state index in [1.54, 1.807) is 17.1 Å². The molecule has 0 spiro atoms. The molecule has 2 aromatic carbocycles. The second-order valence-corrected chi connectivity index (χ2v) is 9.15. The molecular formula is C22H28N4O4S. The Morgan fingerprint density at radius 3 is 2.19 bits per heavy atom. The summed E-state index contributed by atoms with van der Waals surface area (Å²) in [6, 6.07) is 15.4. The van der Waals surface area contributed by atoms with Crippen LogP contribution in [0.2, 0.25) is 0 Å². The van der Waals surface area contributed by atoms with E-state index in [-0.39, 0.29) is 10.8 Å². The number of rotatable bonds is 9. The molecule has 166 valence electrons. The van der Waals surface area contributed by atoms with E-state index in [1.165, 1.54) is 12.1 Å². The van der Waals surface area contributed by atoms with Crippen LogP contribution in [0.1, 0.15) is 30.4 Å². The molecule has 9 heteroatoms. The Kier molecular flexibility index (Phi) is 8.02. The standard InChI is InChI=1S/C22H28N4O4S/c27-21(13-10-18-6-2-1-3-7-18)23-15-14-19-8-11-20(12-9-19)31(29,30)25-22(28)24-26-16-4-5-17-26/h1-3,6-9,11-12H,4-5,10,13-17H2,(H,23,27)(H2,24,25,28). The topological polar surface area (TPSA) is 108 Å². The fourth-order valence-electron chi connectivity index (χ4n) is 3.35. The first-order chi connectivity index (χ1) is 14.9. The second-order valence-electron chi connectivity index (χ2n) is 7.47. The third-order valence-corrected chi connectivity index (χ3v) is 6.39. The third kappa shape index (κ3) is 7.37. The van der Waals surface area contributed by atoms with Gasteiger partial charge in [-0.05, 0) is 48.9 Å². The van der Waals surface area contributed by atoms with Gasteiger partial charge in [0.25, 0.3) is 10.0 Å².